The van der Waals surface area contributed by atoms with E-state index in [1.165, 1.54) is 180 Å². The first-order chi connectivity index (χ1) is 41.0. The summed E-state index contributed by atoms with van der Waals surface area (Å²) in [6.45, 7) is 10.1. The molecule has 0 saturated heterocycles. The zero-order chi connectivity index (χ0) is 63.0. The molecule has 490 valence electrons. The second kappa shape index (κ2) is 87.5. The summed E-state index contributed by atoms with van der Waals surface area (Å²) in [5, 5.41) is 34.0. The van der Waals surface area contributed by atoms with Gasteiger partial charge in [0.15, 0.2) is 0 Å². The van der Waals surface area contributed by atoms with Crippen LogP contribution in [0.4, 0.5) is 0 Å². The van der Waals surface area contributed by atoms with E-state index in [9.17, 15) is 19.2 Å². The van der Waals surface area contributed by atoms with Crippen molar-refractivity contribution in [3.05, 3.63) is 97.2 Å². The van der Waals surface area contributed by atoms with Gasteiger partial charge < -0.3 is 31.9 Å². The number of rotatable bonds is 57. The normalized spacial score (nSPS) is 11.5. The third kappa shape index (κ3) is 109. The van der Waals surface area contributed by atoms with Gasteiger partial charge in [0.05, 0.1) is 0 Å². The lowest BCUT2D eigenvalue weighted by Gasteiger charge is -1.98. The molecule has 0 aromatic heterocycles. The lowest BCUT2D eigenvalue weighted by Crippen LogP contribution is -2.11. The Bertz CT molecular complexity index is 1340. The van der Waals surface area contributed by atoms with Crippen molar-refractivity contribution in [2.45, 2.75) is 336 Å². The molecule has 0 aromatic carbocycles. The minimum absolute atomic E-state index is 0.324. The molecule has 0 radical (unpaired) electrons. The lowest BCUT2D eigenvalue weighted by molar-refractivity contribution is -0.138. The number of carboxylic acid groups (broad SMARTS) is 4. The minimum atomic E-state index is -0.671. The first-order valence-corrected chi connectivity index (χ1v) is 34.5. The summed E-state index contributed by atoms with van der Waals surface area (Å²) in [6, 6.07) is 0. The van der Waals surface area contributed by atoms with Crippen molar-refractivity contribution >= 4 is 23.9 Å². The van der Waals surface area contributed by atoms with Crippen LogP contribution in [-0.2, 0) is 19.2 Å². The van der Waals surface area contributed by atoms with Gasteiger partial charge in [0.2, 0.25) is 0 Å². The summed E-state index contributed by atoms with van der Waals surface area (Å²) in [4.78, 5) is 41.3. The maximum atomic E-state index is 10.3. The average molecular weight is 1180 g/mol. The molecule has 0 atom stereocenters. The number of nitrogens with two attached hydrogens (primary N) is 2. The fourth-order valence-electron chi connectivity index (χ4n) is 8.35. The van der Waals surface area contributed by atoms with Gasteiger partial charge in [-0.2, -0.15) is 0 Å². The van der Waals surface area contributed by atoms with Crippen molar-refractivity contribution in [3.8, 4) is 0 Å². The topological polar surface area (TPSA) is 201 Å². The number of carbonyl (C=O) groups is 4. The highest BCUT2D eigenvalue weighted by Gasteiger charge is 1.99. The van der Waals surface area contributed by atoms with Crippen molar-refractivity contribution in [2.24, 2.45) is 11.5 Å². The maximum absolute atomic E-state index is 10.3. The summed E-state index contributed by atoms with van der Waals surface area (Å²) in [5.74, 6) is -2.68. The van der Waals surface area contributed by atoms with Gasteiger partial charge in [-0.1, -0.05) is 253 Å². The Morgan fingerprint density at radius 3 is 0.512 bits per heavy atom. The van der Waals surface area contributed by atoms with Crippen LogP contribution in [0.3, 0.4) is 0 Å². The highest BCUT2D eigenvalue weighted by atomic mass is 16.4. The third-order valence-corrected chi connectivity index (χ3v) is 13.5. The SMILES string of the molecule is CCCCC/C=C\C/C=C\CCCCCCCC(=O)O.CCCCC/C=C\C/C=C\CCCCCCCC(=O)O.CCCCC/C=C\C/C=C\CCCCCCCC(=O)O.CCCCC/C=C\C/C=C\CCCCCCCC(=O)O.NCCN. The van der Waals surface area contributed by atoms with Gasteiger partial charge in [0.1, 0.15) is 0 Å². The van der Waals surface area contributed by atoms with Gasteiger partial charge >= 0.3 is 23.9 Å². The molecule has 8 N–H and O–H groups in total. The van der Waals surface area contributed by atoms with Gasteiger partial charge in [-0.25, -0.2) is 0 Å². The number of carboxylic acids is 4. The Balaban J connectivity index is -0.000000323. The van der Waals surface area contributed by atoms with Crippen LogP contribution in [0.2, 0.25) is 0 Å². The second-order valence-electron chi connectivity index (χ2n) is 22.1. The molecule has 10 heteroatoms. The third-order valence-electron chi connectivity index (χ3n) is 13.5. The Hall–Kier alpha value is -4.28. The predicted octanol–water partition coefficient (Wildman–Crippen LogP) is 22.4. The summed E-state index contributed by atoms with van der Waals surface area (Å²) in [6.07, 6.45) is 89.1. The van der Waals surface area contributed by atoms with E-state index in [0.29, 0.717) is 38.8 Å². The standard InChI is InChI=1S/4C18H32O2.C2H8N2/c4*1-2-3-4-5-6-7-8-9-10-11-12-13-14-15-16-17-18(19)20;3-1-2-4/h4*6-7,9-10H,2-5,8,11-17H2,1H3,(H,19,20);1-4H2/b4*7-6-,10-9-;. The van der Waals surface area contributed by atoms with Gasteiger partial charge in [0, 0.05) is 38.8 Å². The Labute approximate surface area is 518 Å². The van der Waals surface area contributed by atoms with Crippen LogP contribution in [0.1, 0.15) is 336 Å². The summed E-state index contributed by atoms with van der Waals surface area (Å²) < 4.78 is 0. The van der Waals surface area contributed by atoms with Crippen LogP contribution in [-0.4, -0.2) is 57.4 Å². The van der Waals surface area contributed by atoms with E-state index in [1.54, 1.807) is 0 Å². The molecule has 0 aliphatic rings. The van der Waals surface area contributed by atoms with Gasteiger partial charge in [-0.05, 0) is 154 Å². The van der Waals surface area contributed by atoms with Crippen LogP contribution in [0.25, 0.3) is 0 Å². The van der Waals surface area contributed by atoms with Gasteiger partial charge in [-0.3, -0.25) is 19.2 Å². The molecule has 0 aliphatic carbocycles. The molecule has 0 bridgehead atoms. The molecule has 0 aromatic rings. The maximum Gasteiger partial charge on any atom is 0.303 e. The van der Waals surface area contributed by atoms with E-state index >= 15 is 0 Å². The fraction of sp³-hybridized carbons (Fsp3) is 0.730. The van der Waals surface area contributed by atoms with Crippen LogP contribution in [0, 0.1) is 0 Å². The van der Waals surface area contributed by atoms with Crippen molar-refractivity contribution < 1.29 is 39.6 Å². The largest absolute Gasteiger partial charge is 0.481 e. The first kappa shape index (κ1) is 88.5. The number of allylic oxidation sites excluding steroid dienone is 16. The molecule has 0 amide bonds. The average Bonchev–Trinajstić information content (AvgIpc) is 3.47. The summed E-state index contributed by atoms with van der Waals surface area (Å²) >= 11 is 0. The van der Waals surface area contributed by atoms with E-state index in [4.69, 9.17) is 31.9 Å². The van der Waals surface area contributed by atoms with E-state index in [0.717, 1.165) is 103 Å². The summed E-state index contributed by atoms with van der Waals surface area (Å²) in [7, 11) is 0. The minimum Gasteiger partial charge on any atom is -0.481 e. The number of aliphatic carboxylic acids is 4. The van der Waals surface area contributed by atoms with E-state index in [2.05, 4.69) is 125 Å². The van der Waals surface area contributed by atoms with E-state index in [-0.39, 0.29) is 0 Å². The Morgan fingerprint density at radius 1 is 0.226 bits per heavy atom. The molecule has 0 aliphatic heterocycles. The van der Waals surface area contributed by atoms with E-state index in [1.807, 2.05) is 0 Å². The molecule has 0 unspecified atom stereocenters. The smallest absolute Gasteiger partial charge is 0.303 e. The van der Waals surface area contributed by atoms with Crippen LogP contribution < -0.4 is 11.5 Å². The van der Waals surface area contributed by atoms with Crippen molar-refractivity contribution in [2.75, 3.05) is 13.1 Å². The predicted molar refractivity (Wildman–Crippen MR) is 366 cm³/mol. The molecule has 0 spiro atoms. The van der Waals surface area contributed by atoms with E-state index < -0.39 is 23.9 Å². The van der Waals surface area contributed by atoms with Crippen molar-refractivity contribution in [1.29, 1.82) is 0 Å². The highest BCUT2D eigenvalue weighted by molar-refractivity contribution is 5.67. The second-order valence-corrected chi connectivity index (χ2v) is 22.1. The Morgan fingerprint density at radius 2 is 0.369 bits per heavy atom. The molecule has 0 fully saturated rings. The fourth-order valence-corrected chi connectivity index (χ4v) is 8.35. The Kier molecular flexibility index (Phi) is 92.2. The molecule has 84 heavy (non-hydrogen) atoms. The molecule has 0 saturated carbocycles. The van der Waals surface area contributed by atoms with Crippen molar-refractivity contribution in [3.63, 3.8) is 0 Å². The van der Waals surface area contributed by atoms with Crippen molar-refractivity contribution in [1.82, 2.24) is 0 Å². The number of hydrogen-bond donors (Lipinski definition) is 6. The van der Waals surface area contributed by atoms with Crippen LogP contribution in [0.5, 0.6) is 0 Å². The van der Waals surface area contributed by atoms with Gasteiger partial charge in [-0.15, -0.1) is 0 Å². The zero-order valence-electron chi connectivity index (χ0n) is 55.2. The van der Waals surface area contributed by atoms with Crippen LogP contribution in [0.15, 0.2) is 97.2 Å². The quantitative estimate of drug-likeness (QED) is 0.0251. The number of hydrogen-bond acceptors (Lipinski definition) is 6. The summed E-state index contributed by atoms with van der Waals surface area (Å²) in [5.41, 5.74) is 9.81. The monoisotopic (exact) mass is 1180 g/mol. The molecule has 0 rings (SSSR count). The van der Waals surface area contributed by atoms with Crippen LogP contribution >= 0.6 is 0 Å². The highest BCUT2D eigenvalue weighted by Crippen LogP contribution is 2.12. The van der Waals surface area contributed by atoms with Gasteiger partial charge in [0.25, 0.3) is 0 Å². The lowest BCUT2D eigenvalue weighted by atomic mass is 10.1. The molecular weight excluding hydrogens is 1040 g/mol. The first-order valence-electron chi connectivity index (χ1n) is 34.5. The molecule has 0 heterocycles. The molecule has 10 nitrogen and oxygen atoms in total. The zero-order valence-corrected chi connectivity index (χ0v) is 55.2. The number of unbranched alkanes of at least 4 members (excludes halogenated alkanes) is 32. The molecular formula is C74H136N2O8.